The van der Waals surface area contributed by atoms with Crippen LogP contribution in [0.1, 0.15) is 26.7 Å². The fraction of sp³-hybridized carbons (Fsp3) is 0.375. The molecule has 1 aromatic rings. The minimum absolute atomic E-state index is 0.310. The minimum atomic E-state index is -1.20. The van der Waals surface area contributed by atoms with E-state index < -0.39 is 17.8 Å². The van der Waals surface area contributed by atoms with Crippen LogP contribution >= 0.6 is 23.2 Å². The quantitative estimate of drug-likeness (QED) is 0.859. The molecule has 0 unspecified atom stereocenters. The third-order valence-corrected chi connectivity index (χ3v) is 4.64. The predicted octanol–water partition coefficient (Wildman–Crippen LogP) is 3.04. The number of anilines is 1. The molecule has 2 rings (SSSR count). The van der Waals surface area contributed by atoms with E-state index in [0.29, 0.717) is 28.6 Å². The van der Waals surface area contributed by atoms with Gasteiger partial charge in [-0.25, -0.2) is 0 Å². The van der Waals surface area contributed by atoms with Crippen molar-refractivity contribution < 1.29 is 14.7 Å². The summed E-state index contributed by atoms with van der Waals surface area (Å²) in [6.07, 6.45) is 0.738. The number of carbonyl (C=O) groups is 2. The van der Waals surface area contributed by atoms with Crippen LogP contribution in [0.15, 0.2) is 29.3 Å². The van der Waals surface area contributed by atoms with Crippen LogP contribution in [-0.2, 0) is 9.59 Å². The van der Waals surface area contributed by atoms with Gasteiger partial charge < -0.3 is 15.2 Å². The highest BCUT2D eigenvalue weighted by molar-refractivity contribution is 6.36. The second kappa shape index (κ2) is 6.71. The first-order valence-corrected chi connectivity index (χ1v) is 7.67. The first-order chi connectivity index (χ1) is 10.3. The Morgan fingerprint density at radius 2 is 1.73 bits per heavy atom. The molecule has 4 nitrogen and oxygen atoms in total. The maximum absolute atomic E-state index is 12.5. The molecule has 0 saturated heterocycles. The molecule has 1 amide bonds. The van der Waals surface area contributed by atoms with Gasteiger partial charge in [0.15, 0.2) is 0 Å². The van der Waals surface area contributed by atoms with Gasteiger partial charge in [0.2, 0.25) is 5.91 Å². The van der Waals surface area contributed by atoms with E-state index in [1.165, 1.54) is 6.07 Å². The summed E-state index contributed by atoms with van der Waals surface area (Å²) in [5.74, 6) is -3.06. The highest BCUT2D eigenvalue weighted by Crippen LogP contribution is 2.35. The fourth-order valence-corrected chi connectivity index (χ4v) is 3.09. The average molecular weight is 341 g/mol. The van der Waals surface area contributed by atoms with E-state index in [9.17, 15) is 14.7 Å². The maximum Gasteiger partial charge on any atom is 0.228 e. The molecule has 0 saturated carbocycles. The van der Waals surface area contributed by atoms with E-state index in [4.69, 9.17) is 23.2 Å². The van der Waals surface area contributed by atoms with Gasteiger partial charge in [0.25, 0.3) is 0 Å². The zero-order valence-corrected chi connectivity index (χ0v) is 13.8. The largest absolute Gasteiger partial charge is 0.550 e. The van der Waals surface area contributed by atoms with Crippen molar-refractivity contribution in [1.82, 2.24) is 0 Å². The number of aliphatic carboxylic acids is 1. The molecule has 1 N–H and O–H groups in total. The van der Waals surface area contributed by atoms with Gasteiger partial charge in [0, 0.05) is 16.9 Å². The van der Waals surface area contributed by atoms with Crippen molar-refractivity contribution in [1.29, 1.82) is 0 Å². The second-order valence-electron chi connectivity index (χ2n) is 5.61. The molecule has 2 atom stereocenters. The number of amides is 1. The molecule has 0 aromatic heterocycles. The molecule has 1 aromatic carbocycles. The molecule has 0 radical (unpaired) electrons. The summed E-state index contributed by atoms with van der Waals surface area (Å²) >= 11 is 11.8. The molecule has 1 aliphatic rings. The average Bonchev–Trinajstić information content (AvgIpc) is 2.44. The van der Waals surface area contributed by atoms with Gasteiger partial charge in [-0.1, -0.05) is 34.3 Å². The molecule has 6 heteroatoms. The summed E-state index contributed by atoms with van der Waals surface area (Å²) in [6, 6.07) is 4.72. The Morgan fingerprint density at radius 1 is 1.14 bits per heavy atom. The normalized spacial score (nSPS) is 21.6. The summed E-state index contributed by atoms with van der Waals surface area (Å²) in [4.78, 5) is 23.8. The topological polar surface area (TPSA) is 69.2 Å². The van der Waals surface area contributed by atoms with Crippen LogP contribution in [0.2, 0.25) is 10.0 Å². The second-order valence-corrected chi connectivity index (χ2v) is 6.46. The zero-order chi connectivity index (χ0) is 16.4. The molecule has 1 aliphatic carbocycles. The van der Waals surface area contributed by atoms with Crippen molar-refractivity contribution >= 4 is 40.8 Å². The third kappa shape index (κ3) is 3.62. The van der Waals surface area contributed by atoms with Crippen LogP contribution in [0.4, 0.5) is 5.69 Å². The molecule has 22 heavy (non-hydrogen) atoms. The SMILES string of the molecule is CC1=C(C)C[C@@H](C(=O)[O-])[C@@H](C(=O)Nc2ccc(Cl)cc2Cl)C1. The highest BCUT2D eigenvalue weighted by Gasteiger charge is 2.33. The Kier molecular flexibility index (Phi) is 5.14. The smallest absolute Gasteiger partial charge is 0.228 e. The molecule has 0 spiro atoms. The number of carboxylic acids is 1. The van der Waals surface area contributed by atoms with Crippen LogP contribution in [0.3, 0.4) is 0 Å². The Hall–Kier alpha value is -1.52. The zero-order valence-electron chi connectivity index (χ0n) is 12.3. The summed E-state index contributed by atoms with van der Waals surface area (Å²) in [5.41, 5.74) is 2.46. The number of benzene rings is 1. The molecule has 0 heterocycles. The van der Waals surface area contributed by atoms with E-state index in [2.05, 4.69) is 5.32 Å². The number of halogens is 2. The first-order valence-electron chi connectivity index (χ1n) is 6.91. The van der Waals surface area contributed by atoms with E-state index in [1.54, 1.807) is 12.1 Å². The Morgan fingerprint density at radius 3 is 2.27 bits per heavy atom. The molecular weight excluding hydrogens is 325 g/mol. The Balaban J connectivity index is 2.21. The van der Waals surface area contributed by atoms with Gasteiger partial charge >= 0.3 is 0 Å². The number of nitrogens with one attached hydrogen (secondary N) is 1. The van der Waals surface area contributed by atoms with E-state index >= 15 is 0 Å². The number of carboxylic acid groups (broad SMARTS) is 1. The Labute approximate surface area is 139 Å². The van der Waals surface area contributed by atoms with E-state index in [0.717, 1.165) is 11.1 Å². The molecule has 0 fully saturated rings. The lowest BCUT2D eigenvalue weighted by Crippen LogP contribution is -2.42. The molecule has 118 valence electrons. The maximum atomic E-state index is 12.5. The molecule has 0 aliphatic heterocycles. The fourth-order valence-electron chi connectivity index (χ4n) is 2.63. The summed E-state index contributed by atoms with van der Waals surface area (Å²) in [5, 5.41) is 14.8. The van der Waals surface area contributed by atoms with E-state index in [-0.39, 0.29) is 5.91 Å². The van der Waals surface area contributed by atoms with Gasteiger partial charge in [-0.15, -0.1) is 0 Å². The monoisotopic (exact) mass is 340 g/mol. The van der Waals surface area contributed by atoms with Crippen molar-refractivity contribution in [3.05, 3.63) is 39.4 Å². The predicted molar refractivity (Wildman–Crippen MR) is 84.7 cm³/mol. The van der Waals surface area contributed by atoms with Gasteiger partial charge in [0.1, 0.15) is 0 Å². The summed E-state index contributed by atoms with van der Waals surface area (Å²) < 4.78 is 0. The third-order valence-electron chi connectivity index (χ3n) is 4.09. The lowest BCUT2D eigenvalue weighted by molar-refractivity contribution is -0.313. The van der Waals surface area contributed by atoms with Gasteiger partial charge in [0.05, 0.1) is 16.6 Å². The minimum Gasteiger partial charge on any atom is -0.550 e. The lowest BCUT2D eigenvalue weighted by Gasteiger charge is -2.32. The lowest BCUT2D eigenvalue weighted by atomic mass is 9.76. The van der Waals surface area contributed by atoms with Crippen LogP contribution < -0.4 is 10.4 Å². The van der Waals surface area contributed by atoms with Crippen LogP contribution in [-0.4, -0.2) is 11.9 Å². The van der Waals surface area contributed by atoms with Crippen LogP contribution in [0.5, 0.6) is 0 Å². The number of allylic oxidation sites excluding steroid dienone is 2. The van der Waals surface area contributed by atoms with Crippen LogP contribution in [0, 0.1) is 11.8 Å². The van der Waals surface area contributed by atoms with Crippen molar-refractivity contribution in [2.45, 2.75) is 26.7 Å². The van der Waals surface area contributed by atoms with Crippen molar-refractivity contribution in [3.8, 4) is 0 Å². The number of hydrogen-bond donors (Lipinski definition) is 1. The first kappa shape index (κ1) is 16.8. The van der Waals surface area contributed by atoms with Gasteiger partial charge in [-0.3, -0.25) is 4.79 Å². The highest BCUT2D eigenvalue weighted by atomic mass is 35.5. The summed E-state index contributed by atoms with van der Waals surface area (Å²) in [6.45, 7) is 3.80. The molecular formula is C16H16Cl2NO3-. The Bertz CT molecular complexity index is 655. The molecule has 0 bridgehead atoms. The van der Waals surface area contributed by atoms with Crippen molar-refractivity contribution in [2.75, 3.05) is 5.32 Å². The summed E-state index contributed by atoms with van der Waals surface area (Å²) in [7, 11) is 0. The van der Waals surface area contributed by atoms with Crippen molar-refractivity contribution in [3.63, 3.8) is 0 Å². The number of hydrogen-bond acceptors (Lipinski definition) is 3. The number of carbonyl (C=O) groups excluding carboxylic acids is 2. The van der Waals surface area contributed by atoms with Crippen LogP contribution in [0.25, 0.3) is 0 Å². The van der Waals surface area contributed by atoms with Crippen molar-refractivity contribution in [2.24, 2.45) is 11.8 Å². The van der Waals surface area contributed by atoms with Gasteiger partial charge in [-0.2, -0.15) is 0 Å². The standard InChI is InChI=1S/C16H17Cl2NO3/c1-8-5-11(12(16(21)22)6-9(8)2)15(20)19-14-4-3-10(17)7-13(14)18/h3-4,7,11-12H,5-6H2,1-2H3,(H,19,20)(H,21,22)/p-1/t11-,12+/m0/s1. The number of rotatable bonds is 3. The van der Waals surface area contributed by atoms with E-state index in [1.807, 2.05) is 13.8 Å². The van der Waals surface area contributed by atoms with Gasteiger partial charge in [-0.05, 0) is 44.9 Å².